The van der Waals surface area contributed by atoms with Crippen LogP contribution in [0.1, 0.15) is 5.56 Å². The van der Waals surface area contributed by atoms with E-state index in [9.17, 15) is 4.79 Å². The summed E-state index contributed by atoms with van der Waals surface area (Å²) >= 11 is 0. The Labute approximate surface area is 145 Å². The molecule has 2 aromatic heterocycles. The largest absolute Gasteiger partial charge is 0.464 e. The van der Waals surface area contributed by atoms with Gasteiger partial charge < -0.3 is 8.98 Å². The first-order valence-corrected chi connectivity index (χ1v) is 8.19. The summed E-state index contributed by atoms with van der Waals surface area (Å²) < 4.78 is 7.16. The predicted molar refractivity (Wildman–Crippen MR) is 99.4 cm³/mol. The number of hydrogen-bond donors (Lipinski definition) is 0. The molecule has 3 heteroatoms. The van der Waals surface area contributed by atoms with Gasteiger partial charge in [0.25, 0.3) is 5.56 Å². The van der Waals surface area contributed by atoms with Crippen LogP contribution >= 0.6 is 0 Å². The van der Waals surface area contributed by atoms with Crippen molar-refractivity contribution in [2.45, 2.75) is 6.54 Å². The first kappa shape index (κ1) is 15.2. The second-order valence-corrected chi connectivity index (χ2v) is 5.88. The second kappa shape index (κ2) is 6.65. The number of furan rings is 1. The monoisotopic (exact) mass is 327 g/mol. The fourth-order valence-electron chi connectivity index (χ4n) is 2.98. The fourth-order valence-corrected chi connectivity index (χ4v) is 2.98. The quantitative estimate of drug-likeness (QED) is 0.538. The van der Waals surface area contributed by atoms with E-state index in [0.29, 0.717) is 6.54 Å². The highest BCUT2D eigenvalue weighted by molar-refractivity contribution is 5.67. The van der Waals surface area contributed by atoms with Crippen LogP contribution in [0.2, 0.25) is 0 Å². The van der Waals surface area contributed by atoms with E-state index in [1.807, 2.05) is 48.7 Å². The van der Waals surface area contributed by atoms with Crippen LogP contribution in [0.25, 0.3) is 22.5 Å². The molecule has 122 valence electrons. The Kier molecular flexibility index (Phi) is 4.05. The van der Waals surface area contributed by atoms with E-state index in [1.165, 1.54) is 0 Å². The number of aromatic nitrogens is 1. The summed E-state index contributed by atoms with van der Waals surface area (Å²) in [5.74, 6) is 0.755. The Balaban J connectivity index is 1.74. The molecule has 4 aromatic rings. The SMILES string of the molecule is O=c1ccc(-c2ccco2)cn1Cc1ccccc1-c1ccccc1. The molecule has 4 rings (SSSR count). The lowest BCUT2D eigenvalue weighted by Crippen LogP contribution is -2.19. The van der Waals surface area contributed by atoms with E-state index >= 15 is 0 Å². The van der Waals surface area contributed by atoms with Gasteiger partial charge in [-0.15, -0.1) is 0 Å². The summed E-state index contributed by atoms with van der Waals surface area (Å²) in [4.78, 5) is 12.3. The lowest BCUT2D eigenvalue weighted by Gasteiger charge is -2.12. The van der Waals surface area contributed by atoms with Crippen LogP contribution in [0, 0.1) is 0 Å². The lowest BCUT2D eigenvalue weighted by molar-refractivity contribution is 0.581. The van der Waals surface area contributed by atoms with Crippen LogP contribution < -0.4 is 5.56 Å². The Hall–Kier alpha value is -3.33. The zero-order valence-electron chi connectivity index (χ0n) is 13.6. The normalized spacial score (nSPS) is 10.7. The molecule has 3 nitrogen and oxygen atoms in total. The molecule has 0 atom stereocenters. The molecule has 2 aromatic carbocycles. The first-order valence-electron chi connectivity index (χ1n) is 8.19. The lowest BCUT2D eigenvalue weighted by atomic mass is 9.99. The summed E-state index contributed by atoms with van der Waals surface area (Å²) in [6.07, 6.45) is 3.48. The number of pyridine rings is 1. The van der Waals surface area contributed by atoms with E-state index in [0.717, 1.165) is 28.0 Å². The maximum Gasteiger partial charge on any atom is 0.250 e. The molecule has 0 bridgehead atoms. The minimum absolute atomic E-state index is 0.0295. The molecule has 0 spiro atoms. The summed E-state index contributed by atoms with van der Waals surface area (Å²) in [6.45, 7) is 0.512. The summed E-state index contributed by atoms with van der Waals surface area (Å²) in [7, 11) is 0. The first-order chi connectivity index (χ1) is 12.3. The Morgan fingerprint density at radius 3 is 2.36 bits per heavy atom. The van der Waals surface area contributed by atoms with Crippen molar-refractivity contribution in [3.8, 4) is 22.5 Å². The zero-order chi connectivity index (χ0) is 17.1. The second-order valence-electron chi connectivity index (χ2n) is 5.88. The highest BCUT2D eigenvalue weighted by atomic mass is 16.3. The molecule has 0 aliphatic carbocycles. The van der Waals surface area contributed by atoms with Crippen molar-refractivity contribution in [2.24, 2.45) is 0 Å². The minimum Gasteiger partial charge on any atom is -0.464 e. The number of benzene rings is 2. The Bertz CT molecular complexity index is 1030. The molecule has 0 saturated heterocycles. The predicted octanol–water partition coefficient (Wildman–Crippen LogP) is 4.82. The number of hydrogen-bond acceptors (Lipinski definition) is 2. The molecule has 0 N–H and O–H groups in total. The van der Waals surface area contributed by atoms with E-state index in [1.54, 1.807) is 23.0 Å². The molecule has 0 aliphatic heterocycles. The molecular formula is C22H17NO2. The third-order valence-corrected chi connectivity index (χ3v) is 4.23. The third-order valence-electron chi connectivity index (χ3n) is 4.23. The highest BCUT2D eigenvalue weighted by Gasteiger charge is 2.08. The Morgan fingerprint density at radius 1 is 0.760 bits per heavy atom. The van der Waals surface area contributed by atoms with Gasteiger partial charge in [0.15, 0.2) is 0 Å². The minimum atomic E-state index is -0.0295. The summed E-state index contributed by atoms with van der Waals surface area (Å²) in [5.41, 5.74) is 4.25. The van der Waals surface area contributed by atoms with E-state index in [4.69, 9.17) is 4.42 Å². The van der Waals surface area contributed by atoms with Gasteiger partial charge >= 0.3 is 0 Å². The van der Waals surface area contributed by atoms with Crippen LogP contribution in [0.5, 0.6) is 0 Å². The maximum atomic E-state index is 12.3. The van der Waals surface area contributed by atoms with Crippen molar-refractivity contribution in [2.75, 3.05) is 0 Å². The van der Waals surface area contributed by atoms with Crippen LogP contribution in [0.15, 0.2) is 101 Å². The van der Waals surface area contributed by atoms with Gasteiger partial charge in [-0.3, -0.25) is 4.79 Å². The molecule has 0 amide bonds. The fraction of sp³-hybridized carbons (Fsp3) is 0.0455. The molecule has 0 aliphatic rings. The van der Waals surface area contributed by atoms with Gasteiger partial charge in [0, 0.05) is 17.8 Å². The average Bonchev–Trinajstić information content (AvgIpc) is 3.19. The number of rotatable bonds is 4. The van der Waals surface area contributed by atoms with Gasteiger partial charge in [-0.2, -0.15) is 0 Å². The van der Waals surface area contributed by atoms with Crippen LogP contribution in [-0.2, 0) is 6.54 Å². The van der Waals surface area contributed by atoms with Crippen LogP contribution in [-0.4, -0.2) is 4.57 Å². The van der Waals surface area contributed by atoms with Crippen molar-refractivity contribution in [3.05, 3.63) is 107 Å². The van der Waals surface area contributed by atoms with Crippen LogP contribution in [0.3, 0.4) is 0 Å². The average molecular weight is 327 g/mol. The molecule has 0 saturated carbocycles. The van der Waals surface area contributed by atoms with Gasteiger partial charge in [0.05, 0.1) is 12.8 Å². The van der Waals surface area contributed by atoms with Crippen molar-refractivity contribution >= 4 is 0 Å². The summed E-state index contributed by atoms with van der Waals surface area (Å²) in [6, 6.07) is 25.5. The summed E-state index contributed by atoms with van der Waals surface area (Å²) in [5, 5.41) is 0. The molecule has 0 unspecified atom stereocenters. The van der Waals surface area contributed by atoms with E-state index in [2.05, 4.69) is 24.3 Å². The van der Waals surface area contributed by atoms with E-state index < -0.39 is 0 Å². The standard InChI is InChI=1S/C22H17NO2/c24-22-13-12-19(21-11-6-14-25-21)16-23(22)15-18-9-4-5-10-20(18)17-7-2-1-3-8-17/h1-14,16H,15H2. The van der Waals surface area contributed by atoms with Gasteiger partial charge in [-0.05, 0) is 34.9 Å². The maximum absolute atomic E-state index is 12.3. The third kappa shape index (κ3) is 3.17. The smallest absolute Gasteiger partial charge is 0.250 e. The Morgan fingerprint density at radius 2 is 1.56 bits per heavy atom. The molecule has 2 heterocycles. The van der Waals surface area contributed by atoms with Crippen LogP contribution in [0.4, 0.5) is 0 Å². The zero-order valence-corrected chi connectivity index (χ0v) is 13.6. The van der Waals surface area contributed by atoms with Gasteiger partial charge in [-0.25, -0.2) is 0 Å². The van der Waals surface area contributed by atoms with Gasteiger partial charge in [0.2, 0.25) is 0 Å². The van der Waals surface area contributed by atoms with Gasteiger partial charge in [-0.1, -0.05) is 54.6 Å². The van der Waals surface area contributed by atoms with Gasteiger partial charge in [0.1, 0.15) is 5.76 Å². The molecular weight excluding hydrogens is 310 g/mol. The molecule has 25 heavy (non-hydrogen) atoms. The van der Waals surface area contributed by atoms with E-state index in [-0.39, 0.29) is 5.56 Å². The highest BCUT2D eigenvalue weighted by Crippen LogP contribution is 2.24. The van der Waals surface area contributed by atoms with Crippen molar-refractivity contribution in [3.63, 3.8) is 0 Å². The molecule has 0 fully saturated rings. The van der Waals surface area contributed by atoms with Crippen molar-refractivity contribution in [1.82, 2.24) is 4.57 Å². The number of nitrogens with zero attached hydrogens (tertiary/aromatic N) is 1. The topological polar surface area (TPSA) is 35.1 Å². The van der Waals surface area contributed by atoms with Crippen molar-refractivity contribution in [1.29, 1.82) is 0 Å². The van der Waals surface area contributed by atoms with Crippen molar-refractivity contribution < 1.29 is 4.42 Å². The molecule has 0 radical (unpaired) electrons.